The maximum atomic E-state index is 5.98. The Balaban J connectivity index is 1.59. The zero-order chi connectivity index (χ0) is 20.7. The topological polar surface area (TPSA) is 26.0 Å². The van der Waals surface area contributed by atoms with E-state index in [-0.39, 0.29) is 0 Å². The summed E-state index contributed by atoms with van der Waals surface area (Å²) in [5.41, 5.74) is 15.0. The third-order valence-electron chi connectivity index (χ3n) is 7.16. The number of fused-ring (bicyclic) bond motifs is 5. The van der Waals surface area contributed by atoms with Gasteiger partial charge >= 0.3 is 0 Å². The summed E-state index contributed by atoms with van der Waals surface area (Å²) in [7, 11) is 0. The van der Waals surface area contributed by atoms with Crippen LogP contribution in [-0.2, 0) is 32.2 Å². The van der Waals surface area contributed by atoms with E-state index in [1.807, 2.05) is 0 Å². The van der Waals surface area contributed by atoms with E-state index in [0.29, 0.717) is 12.5 Å². The van der Waals surface area contributed by atoms with Crippen molar-refractivity contribution in [1.29, 1.82) is 0 Å². The van der Waals surface area contributed by atoms with Gasteiger partial charge in [0, 0.05) is 6.54 Å². The first-order valence-corrected chi connectivity index (χ1v) is 11.5. The van der Waals surface area contributed by atoms with Crippen LogP contribution in [0.1, 0.15) is 59.6 Å². The van der Waals surface area contributed by atoms with Gasteiger partial charge in [-0.1, -0.05) is 74.5 Å². The molecule has 152 valence electrons. The SMILES string of the molecule is CCc1cc(CN)cc(CC)c1C1CCc2c(ccc3c2ccc2ccccc23)C1. The number of aryl methyl sites for hydroxylation is 3. The summed E-state index contributed by atoms with van der Waals surface area (Å²) in [6, 6.07) is 22.9. The van der Waals surface area contributed by atoms with E-state index in [1.54, 1.807) is 16.7 Å². The van der Waals surface area contributed by atoms with Crippen molar-refractivity contribution in [3.8, 4) is 0 Å². The highest BCUT2D eigenvalue weighted by Crippen LogP contribution is 2.40. The molecule has 30 heavy (non-hydrogen) atoms. The molecule has 1 heteroatoms. The molecule has 0 bridgehead atoms. The normalized spacial score (nSPS) is 16.2. The molecule has 0 aliphatic heterocycles. The molecule has 1 atom stereocenters. The number of benzene rings is 4. The Bertz CT molecular complexity index is 1210. The van der Waals surface area contributed by atoms with E-state index in [2.05, 4.69) is 74.5 Å². The van der Waals surface area contributed by atoms with Crippen molar-refractivity contribution in [2.75, 3.05) is 0 Å². The van der Waals surface area contributed by atoms with Crippen LogP contribution in [0.5, 0.6) is 0 Å². The highest BCUT2D eigenvalue weighted by Gasteiger charge is 2.25. The number of nitrogens with two attached hydrogens (primary N) is 1. The molecule has 0 fully saturated rings. The van der Waals surface area contributed by atoms with Crippen LogP contribution in [0.4, 0.5) is 0 Å². The summed E-state index contributed by atoms with van der Waals surface area (Å²) in [6.07, 6.45) is 5.73. The van der Waals surface area contributed by atoms with Crippen LogP contribution in [-0.4, -0.2) is 0 Å². The summed E-state index contributed by atoms with van der Waals surface area (Å²) in [4.78, 5) is 0. The molecule has 0 saturated heterocycles. The second-order valence-electron chi connectivity index (χ2n) is 8.76. The Morgan fingerprint density at radius 2 is 1.57 bits per heavy atom. The monoisotopic (exact) mass is 393 g/mol. The number of hydrogen-bond acceptors (Lipinski definition) is 1. The van der Waals surface area contributed by atoms with Crippen molar-refractivity contribution in [2.24, 2.45) is 5.73 Å². The highest BCUT2D eigenvalue weighted by atomic mass is 14.5. The van der Waals surface area contributed by atoms with Crippen molar-refractivity contribution in [3.63, 3.8) is 0 Å². The summed E-state index contributed by atoms with van der Waals surface area (Å²) in [5, 5.41) is 5.56. The molecule has 0 spiro atoms. The van der Waals surface area contributed by atoms with Gasteiger partial charge in [0.25, 0.3) is 0 Å². The largest absolute Gasteiger partial charge is 0.326 e. The quantitative estimate of drug-likeness (QED) is 0.377. The summed E-state index contributed by atoms with van der Waals surface area (Å²) < 4.78 is 0. The molecule has 2 N–H and O–H groups in total. The summed E-state index contributed by atoms with van der Waals surface area (Å²) in [5.74, 6) is 0.618. The van der Waals surface area contributed by atoms with Crippen molar-refractivity contribution in [2.45, 2.75) is 58.4 Å². The molecule has 1 aliphatic rings. The van der Waals surface area contributed by atoms with Gasteiger partial charge in [-0.25, -0.2) is 0 Å². The predicted molar refractivity (Wildman–Crippen MR) is 129 cm³/mol. The maximum absolute atomic E-state index is 5.98. The average Bonchev–Trinajstić information content (AvgIpc) is 2.82. The first-order chi connectivity index (χ1) is 14.7. The third-order valence-corrected chi connectivity index (χ3v) is 7.16. The van der Waals surface area contributed by atoms with Crippen LogP contribution in [0.2, 0.25) is 0 Å². The molecule has 0 saturated carbocycles. The standard InChI is InChI=1S/C29H31N/c1-3-20-15-19(18-30)16-21(4-2)29(20)24-11-12-26-23(17-24)10-14-27-25-8-6-5-7-22(25)9-13-28(26)27/h5-10,13-16,24H,3-4,11-12,17-18,30H2,1-2H3. The van der Waals surface area contributed by atoms with E-state index in [4.69, 9.17) is 5.73 Å². The fourth-order valence-electron chi connectivity index (χ4n) is 5.69. The second-order valence-corrected chi connectivity index (χ2v) is 8.76. The lowest BCUT2D eigenvalue weighted by Gasteiger charge is -2.30. The zero-order valence-corrected chi connectivity index (χ0v) is 18.2. The third kappa shape index (κ3) is 3.13. The Morgan fingerprint density at radius 3 is 2.30 bits per heavy atom. The molecular formula is C29H31N. The molecule has 5 rings (SSSR count). The molecule has 0 amide bonds. The molecule has 4 aromatic rings. The number of hydrogen-bond donors (Lipinski definition) is 1. The fraction of sp³-hybridized carbons (Fsp3) is 0.310. The first-order valence-electron chi connectivity index (χ1n) is 11.5. The molecule has 0 aromatic heterocycles. The molecule has 1 nitrogen and oxygen atoms in total. The zero-order valence-electron chi connectivity index (χ0n) is 18.2. The number of rotatable bonds is 4. The van der Waals surface area contributed by atoms with Gasteiger partial charge in [-0.3, -0.25) is 0 Å². The Hall–Kier alpha value is -2.64. The van der Waals surface area contributed by atoms with Gasteiger partial charge in [-0.2, -0.15) is 0 Å². The summed E-state index contributed by atoms with van der Waals surface area (Å²) in [6.45, 7) is 5.20. The van der Waals surface area contributed by atoms with Gasteiger partial charge in [-0.05, 0) is 92.9 Å². The van der Waals surface area contributed by atoms with Gasteiger partial charge in [-0.15, -0.1) is 0 Å². The van der Waals surface area contributed by atoms with Crippen molar-refractivity contribution < 1.29 is 0 Å². The Morgan fingerprint density at radius 1 is 0.833 bits per heavy atom. The fourth-order valence-corrected chi connectivity index (χ4v) is 5.69. The maximum Gasteiger partial charge on any atom is 0.0178 e. The minimum atomic E-state index is 0.618. The Labute approximate surface area is 179 Å². The van der Waals surface area contributed by atoms with Crippen LogP contribution in [0.15, 0.2) is 60.7 Å². The van der Waals surface area contributed by atoms with E-state index in [0.717, 1.165) is 19.3 Å². The van der Waals surface area contributed by atoms with Crippen molar-refractivity contribution >= 4 is 21.5 Å². The minimum absolute atomic E-state index is 0.618. The lowest BCUT2D eigenvalue weighted by Crippen LogP contribution is -2.17. The van der Waals surface area contributed by atoms with Crippen LogP contribution >= 0.6 is 0 Å². The van der Waals surface area contributed by atoms with Gasteiger partial charge in [0.1, 0.15) is 0 Å². The van der Waals surface area contributed by atoms with Crippen LogP contribution < -0.4 is 5.73 Å². The molecule has 4 aromatic carbocycles. The lowest BCUT2D eigenvalue weighted by atomic mass is 9.75. The first kappa shape index (κ1) is 19.3. The van der Waals surface area contributed by atoms with Crippen LogP contribution in [0.3, 0.4) is 0 Å². The summed E-state index contributed by atoms with van der Waals surface area (Å²) >= 11 is 0. The van der Waals surface area contributed by atoms with Crippen LogP contribution in [0.25, 0.3) is 21.5 Å². The molecule has 0 heterocycles. The predicted octanol–water partition coefficient (Wildman–Crippen LogP) is 6.85. The molecule has 1 aliphatic carbocycles. The van der Waals surface area contributed by atoms with Crippen molar-refractivity contribution in [1.82, 2.24) is 0 Å². The average molecular weight is 394 g/mol. The minimum Gasteiger partial charge on any atom is -0.326 e. The van der Waals surface area contributed by atoms with E-state index in [1.165, 1.54) is 51.1 Å². The van der Waals surface area contributed by atoms with Gasteiger partial charge in [0.15, 0.2) is 0 Å². The smallest absolute Gasteiger partial charge is 0.0178 e. The molecule has 1 unspecified atom stereocenters. The second kappa shape index (κ2) is 7.89. The lowest BCUT2D eigenvalue weighted by molar-refractivity contribution is 0.578. The molecule has 0 radical (unpaired) electrons. The van der Waals surface area contributed by atoms with Gasteiger partial charge in [0.2, 0.25) is 0 Å². The molecular weight excluding hydrogens is 362 g/mol. The van der Waals surface area contributed by atoms with E-state index in [9.17, 15) is 0 Å². The van der Waals surface area contributed by atoms with E-state index >= 15 is 0 Å². The van der Waals surface area contributed by atoms with Crippen LogP contribution in [0, 0.1) is 0 Å². The van der Waals surface area contributed by atoms with Crippen molar-refractivity contribution in [3.05, 3.63) is 94.0 Å². The Kier molecular flexibility index (Phi) is 5.08. The van der Waals surface area contributed by atoms with Gasteiger partial charge < -0.3 is 5.73 Å². The van der Waals surface area contributed by atoms with Gasteiger partial charge in [0.05, 0.1) is 0 Å². The highest BCUT2D eigenvalue weighted by molar-refractivity contribution is 6.08. The van der Waals surface area contributed by atoms with E-state index < -0.39 is 0 Å².